The van der Waals surface area contributed by atoms with Crippen molar-refractivity contribution in [1.82, 2.24) is 19.5 Å². The van der Waals surface area contributed by atoms with E-state index in [0.717, 1.165) is 5.56 Å². The molecule has 0 aliphatic heterocycles. The average Bonchev–Trinajstić information content (AvgIpc) is 2.76. The fourth-order valence-corrected chi connectivity index (χ4v) is 2.04. The van der Waals surface area contributed by atoms with Crippen molar-refractivity contribution in [2.24, 2.45) is 0 Å². The number of anilines is 1. The van der Waals surface area contributed by atoms with E-state index in [0.29, 0.717) is 23.5 Å². The molecule has 6 heteroatoms. The lowest BCUT2D eigenvalue weighted by Gasteiger charge is -2.08. The number of aromatic amines is 1. The molecule has 1 aromatic carbocycles. The molecule has 0 aliphatic carbocycles. The lowest BCUT2D eigenvalue weighted by molar-refractivity contribution is 0.761. The van der Waals surface area contributed by atoms with Gasteiger partial charge in [-0.3, -0.25) is 9.36 Å². The Balaban J connectivity index is 2.16. The van der Waals surface area contributed by atoms with Crippen LogP contribution in [0.3, 0.4) is 0 Å². The SMILES string of the molecule is Cc1nc2nc(N)n(Cc3ccccc3)c(=O)c2[nH]1. The second kappa shape index (κ2) is 4.24. The van der Waals surface area contributed by atoms with Crippen molar-refractivity contribution in [3.05, 3.63) is 52.1 Å². The summed E-state index contributed by atoms with van der Waals surface area (Å²) >= 11 is 0. The Bertz CT molecular complexity index is 788. The molecule has 0 atom stereocenters. The number of imidazole rings is 1. The molecular formula is C13H13N5O. The van der Waals surface area contributed by atoms with Gasteiger partial charge in [0, 0.05) is 0 Å². The van der Waals surface area contributed by atoms with Gasteiger partial charge in [0.1, 0.15) is 5.82 Å². The number of rotatable bonds is 2. The van der Waals surface area contributed by atoms with Gasteiger partial charge in [0.15, 0.2) is 11.2 Å². The quantitative estimate of drug-likeness (QED) is 0.716. The smallest absolute Gasteiger partial charge is 0.281 e. The highest BCUT2D eigenvalue weighted by Gasteiger charge is 2.12. The zero-order valence-electron chi connectivity index (χ0n) is 10.4. The second-order valence-corrected chi connectivity index (χ2v) is 4.37. The molecule has 3 aromatic rings. The molecule has 0 radical (unpaired) electrons. The molecular weight excluding hydrogens is 242 g/mol. The van der Waals surface area contributed by atoms with Crippen molar-refractivity contribution < 1.29 is 0 Å². The molecule has 2 aromatic heterocycles. The minimum Gasteiger partial charge on any atom is -0.369 e. The molecule has 0 spiro atoms. The van der Waals surface area contributed by atoms with E-state index >= 15 is 0 Å². The highest BCUT2D eigenvalue weighted by atomic mass is 16.1. The molecule has 6 nitrogen and oxygen atoms in total. The summed E-state index contributed by atoms with van der Waals surface area (Å²) in [5, 5.41) is 0. The Morgan fingerprint density at radius 3 is 2.74 bits per heavy atom. The first-order valence-corrected chi connectivity index (χ1v) is 5.91. The predicted molar refractivity (Wildman–Crippen MR) is 72.8 cm³/mol. The van der Waals surface area contributed by atoms with Crippen molar-refractivity contribution in [2.75, 3.05) is 5.73 Å². The normalized spacial score (nSPS) is 11.0. The Labute approximate surface area is 108 Å². The summed E-state index contributed by atoms with van der Waals surface area (Å²) in [4.78, 5) is 23.5. The van der Waals surface area contributed by atoms with Gasteiger partial charge in [0.2, 0.25) is 5.95 Å². The van der Waals surface area contributed by atoms with E-state index in [4.69, 9.17) is 5.73 Å². The first kappa shape index (κ1) is 11.5. The molecule has 0 amide bonds. The van der Waals surface area contributed by atoms with Gasteiger partial charge in [-0.05, 0) is 12.5 Å². The van der Waals surface area contributed by atoms with Crippen LogP contribution in [0, 0.1) is 6.92 Å². The fraction of sp³-hybridized carbons (Fsp3) is 0.154. The molecule has 2 heterocycles. The Morgan fingerprint density at radius 1 is 1.26 bits per heavy atom. The van der Waals surface area contributed by atoms with Crippen LogP contribution in [0.4, 0.5) is 5.95 Å². The number of nitrogens with one attached hydrogen (secondary N) is 1. The van der Waals surface area contributed by atoms with E-state index in [1.807, 2.05) is 30.3 Å². The van der Waals surface area contributed by atoms with Crippen LogP contribution in [-0.4, -0.2) is 19.5 Å². The summed E-state index contributed by atoms with van der Waals surface area (Å²) < 4.78 is 1.44. The van der Waals surface area contributed by atoms with Gasteiger partial charge < -0.3 is 10.7 Å². The number of aryl methyl sites for hydroxylation is 1. The third kappa shape index (κ3) is 1.97. The highest BCUT2D eigenvalue weighted by molar-refractivity contribution is 5.70. The van der Waals surface area contributed by atoms with E-state index in [2.05, 4.69) is 15.0 Å². The van der Waals surface area contributed by atoms with Gasteiger partial charge in [-0.15, -0.1) is 0 Å². The summed E-state index contributed by atoms with van der Waals surface area (Å²) in [6.07, 6.45) is 0. The molecule has 0 fully saturated rings. The van der Waals surface area contributed by atoms with Crippen LogP contribution in [0.2, 0.25) is 0 Å². The van der Waals surface area contributed by atoms with E-state index in [1.54, 1.807) is 6.92 Å². The summed E-state index contributed by atoms with van der Waals surface area (Å²) in [6.45, 7) is 2.17. The fourth-order valence-electron chi connectivity index (χ4n) is 2.04. The van der Waals surface area contributed by atoms with E-state index in [-0.39, 0.29) is 11.5 Å². The van der Waals surface area contributed by atoms with Crippen molar-refractivity contribution in [3.8, 4) is 0 Å². The standard InChI is InChI=1S/C13H13N5O/c1-8-15-10-11(16-8)17-13(14)18(12(10)19)7-9-5-3-2-4-6-9/h2-6H,7H2,1H3,(H2,14,17)(H,15,16). The zero-order valence-corrected chi connectivity index (χ0v) is 10.4. The molecule has 0 unspecified atom stereocenters. The van der Waals surface area contributed by atoms with Crippen LogP contribution in [-0.2, 0) is 6.54 Å². The Kier molecular flexibility index (Phi) is 2.56. The Morgan fingerprint density at radius 2 is 2.00 bits per heavy atom. The van der Waals surface area contributed by atoms with Crippen molar-refractivity contribution in [2.45, 2.75) is 13.5 Å². The molecule has 0 saturated heterocycles. The van der Waals surface area contributed by atoms with Crippen molar-refractivity contribution in [1.29, 1.82) is 0 Å². The third-order valence-corrected chi connectivity index (χ3v) is 2.94. The first-order valence-electron chi connectivity index (χ1n) is 5.91. The van der Waals surface area contributed by atoms with Gasteiger partial charge >= 0.3 is 0 Å². The lowest BCUT2D eigenvalue weighted by atomic mass is 10.2. The number of hydrogen-bond acceptors (Lipinski definition) is 4. The minimum atomic E-state index is -0.202. The van der Waals surface area contributed by atoms with E-state index in [1.165, 1.54) is 4.57 Å². The summed E-state index contributed by atoms with van der Waals surface area (Å²) in [5.41, 5.74) is 7.39. The zero-order chi connectivity index (χ0) is 13.4. The maximum Gasteiger partial charge on any atom is 0.281 e. The van der Waals surface area contributed by atoms with Gasteiger partial charge in [-0.2, -0.15) is 4.98 Å². The van der Waals surface area contributed by atoms with Gasteiger partial charge in [-0.25, -0.2) is 4.98 Å². The average molecular weight is 255 g/mol. The van der Waals surface area contributed by atoms with E-state index in [9.17, 15) is 4.79 Å². The maximum absolute atomic E-state index is 12.3. The largest absolute Gasteiger partial charge is 0.369 e. The number of benzene rings is 1. The van der Waals surface area contributed by atoms with Gasteiger partial charge in [0.25, 0.3) is 5.56 Å². The van der Waals surface area contributed by atoms with Crippen LogP contribution in [0.15, 0.2) is 35.1 Å². The number of nitrogens with zero attached hydrogens (tertiary/aromatic N) is 3. The van der Waals surface area contributed by atoms with Gasteiger partial charge in [0.05, 0.1) is 6.54 Å². The van der Waals surface area contributed by atoms with Crippen molar-refractivity contribution >= 4 is 17.1 Å². The number of nitrogen functional groups attached to an aromatic ring is 1. The maximum atomic E-state index is 12.3. The molecule has 0 bridgehead atoms. The summed E-state index contributed by atoms with van der Waals surface area (Å²) in [6, 6.07) is 9.64. The van der Waals surface area contributed by atoms with Crippen LogP contribution in [0.1, 0.15) is 11.4 Å². The summed E-state index contributed by atoms with van der Waals surface area (Å²) in [5.74, 6) is 0.823. The second-order valence-electron chi connectivity index (χ2n) is 4.37. The number of hydrogen-bond donors (Lipinski definition) is 2. The molecule has 3 N–H and O–H groups in total. The van der Waals surface area contributed by atoms with Crippen molar-refractivity contribution in [3.63, 3.8) is 0 Å². The molecule has 19 heavy (non-hydrogen) atoms. The predicted octanol–water partition coefficient (Wildman–Crippen LogP) is 1.06. The number of aromatic nitrogens is 4. The lowest BCUT2D eigenvalue weighted by Crippen LogP contribution is -2.25. The van der Waals surface area contributed by atoms with Crippen LogP contribution >= 0.6 is 0 Å². The number of fused-ring (bicyclic) bond motifs is 1. The third-order valence-electron chi connectivity index (χ3n) is 2.94. The number of nitrogens with two attached hydrogens (primary N) is 1. The minimum absolute atomic E-state index is 0.174. The summed E-state index contributed by atoms with van der Waals surface area (Å²) in [7, 11) is 0. The van der Waals surface area contributed by atoms with Crippen LogP contribution < -0.4 is 11.3 Å². The topological polar surface area (TPSA) is 89.6 Å². The first-order chi connectivity index (χ1) is 9.15. The molecule has 0 aliphatic rings. The molecule has 3 rings (SSSR count). The molecule has 0 saturated carbocycles. The van der Waals surface area contributed by atoms with Crippen LogP contribution in [0.5, 0.6) is 0 Å². The highest BCUT2D eigenvalue weighted by Crippen LogP contribution is 2.09. The van der Waals surface area contributed by atoms with Gasteiger partial charge in [-0.1, -0.05) is 30.3 Å². The monoisotopic (exact) mass is 255 g/mol. The number of H-pyrrole nitrogens is 1. The Hall–Kier alpha value is -2.63. The molecule has 96 valence electrons. The van der Waals surface area contributed by atoms with Crippen LogP contribution in [0.25, 0.3) is 11.2 Å². The van der Waals surface area contributed by atoms with E-state index < -0.39 is 0 Å².